The fourth-order valence-corrected chi connectivity index (χ4v) is 1.69. The second-order valence-corrected chi connectivity index (χ2v) is 4.17. The normalized spacial score (nSPS) is 10.1. The highest BCUT2D eigenvalue weighted by Crippen LogP contribution is 2.18. The molecule has 0 unspecified atom stereocenters. The molecule has 6 nitrogen and oxygen atoms in total. The summed E-state index contributed by atoms with van der Waals surface area (Å²) < 4.78 is 5.49. The summed E-state index contributed by atoms with van der Waals surface area (Å²) in [5.74, 6) is 0.358. The Hall–Kier alpha value is -2.76. The van der Waals surface area contributed by atoms with Crippen molar-refractivity contribution in [2.75, 3.05) is 0 Å². The van der Waals surface area contributed by atoms with Crippen LogP contribution in [0, 0.1) is 17.0 Å². The fraction of sp³-hybridized carbons (Fsp3) is 0.143. The number of hydrogen-bond donors (Lipinski definition) is 0. The third-order valence-corrected chi connectivity index (χ3v) is 2.65. The quantitative estimate of drug-likeness (QED) is 0.474. The van der Waals surface area contributed by atoms with Gasteiger partial charge in [-0.15, -0.1) is 0 Å². The smallest absolute Gasteiger partial charge is 0.269 e. The Morgan fingerprint density at radius 1 is 1.35 bits per heavy atom. The first kappa shape index (κ1) is 13.7. The van der Waals surface area contributed by atoms with Gasteiger partial charge in [-0.1, -0.05) is 12.1 Å². The molecule has 0 N–H and O–H groups in total. The number of hydrogen-bond acceptors (Lipinski definition) is 5. The molecule has 0 aliphatic rings. The van der Waals surface area contributed by atoms with Crippen LogP contribution in [-0.4, -0.2) is 16.2 Å². The number of non-ortho nitro benzene ring substituents is 1. The number of pyridine rings is 1. The third kappa shape index (κ3) is 3.17. The molecule has 0 aliphatic heterocycles. The van der Waals surface area contributed by atoms with E-state index in [4.69, 9.17) is 4.74 Å². The predicted molar refractivity (Wildman–Crippen MR) is 71.8 cm³/mol. The summed E-state index contributed by atoms with van der Waals surface area (Å²) in [6, 6.07) is 9.54. The van der Waals surface area contributed by atoms with Crippen LogP contribution in [0.4, 0.5) is 5.69 Å². The molecule has 0 amide bonds. The van der Waals surface area contributed by atoms with Crippen molar-refractivity contribution in [3.8, 4) is 5.75 Å². The largest absolute Gasteiger partial charge is 0.487 e. The van der Waals surface area contributed by atoms with E-state index >= 15 is 0 Å². The number of nitro benzene ring substituents is 1. The molecule has 0 bridgehead atoms. The van der Waals surface area contributed by atoms with Crippen molar-refractivity contribution in [1.29, 1.82) is 0 Å². The van der Waals surface area contributed by atoms with Gasteiger partial charge in [0, 0.05) is 17.8 Å². The molecule has 1 aromatic carbocycles. The zero-order chi connectivity index (χ0) is 14.5. The first-order valence-corrected chi connectivity index (χ1v) is 5.89. The first-order chi connectivity index (χ1) is 9.60. The lowest BCUT2D eigenvalue weighted by Gasteiger charge is -2.08. The lowest BCUT2D eigenvalue weighted by molar-refractivity contribution is -0.384. The van der Waals surface area contributed by atoms with E-state index in [9.17, 15) is 14.9 Å². The molecular weight excluding hydrogens is 260 g/mol. The van der Waals surface area contributed by atoms with E-state index in [0.717, 1.165) is 5.69 Å². The molecule has 0 atom stereocenters. The Morgan fingerprint density at radius 3 is 2.85 bits per heavy atom. The van der Waals surface area contributed by atoms with Crippen molar-refractivity contribution < 1.29 is 14.5 Å². The van der Waals surface area contributed by atoms with E-state index < -0.39 is 4.92 Å². The Morgan fingerprint density at radius 2 is 2.15 bits per heavy atom. The van der Waals surface area contributed by atoms with Gasteiger partial charge in [-0.3, -0.25) is 14.9 Å². The predicted octanol–water partition coefficient (Wildman–Crippen LogP) is 2.69. The van der Waals surface area contributed by atoms with Crippen LogP contribution in [-0.2, 0) is 6.61 Å². The number of carbonyl (C=O) groups is 1. The van der Waals surface area contributed by atoms with E-state index in [-0.39, 0.29) is 18.0 Å². The van der Waals surface area contributed by atoms with Gasteiger partial charge in [0.2, 0.25) is 0 Å². The van der Waals surface area contributed by atoms with Crippen LogP contribution in [0.2, 0.25) is 0 Å². The maximum atomic E-state index is 10.9. The molecular formula is C14H12N2O4. The van der Waals surface area contributed by atoms with Gasteiger partial charge < -0.3 is 4.74 Å². The Kier molecular flexibility index (Phi) is 4.05. The number of benzene rings is 1. The molecule has 0 aliphatic carbocycles. The van der Waals surface area contributed by atoms with E-state index in [2.05, 4.69) is 4.98 Å². The standard InChI is InChI=1S/C14H12N2O4/c1-10-5-6-14(13(8-17)15-10)20-9-11-3-2-4-12(7-11)16(18)19/h2-8H,9H2,1H3. The van der Waals surface area contributed by atoms with Crippen LogP contribution < -0.4 is 4.74 Å². The summed E-state index contributed by atoms with van der Waals surface area (Å²) in [5.41, 5.74) is 1.59. The van der Waals surface area contributed by atoms with Crippen molar-refractivity contribution in [2.45, 2.75) is 13.5 Å². The molecule has 0 saturated heterocycles. The highest BCUT2D eigenvalue weighted by Gasteiger charge is 2.08. The van der Waals surface area contributed by atoms with Gasteiger partial charge in [0.15, 0.2) is 6.29 Å². The minimum absolute atomic E-state index is 0.00346. The Balaban J connectivity index is 2.14. The average Bonchev–Trinajstić information content (AvgIpc) is 2.46. The lowest BCUT2D eigenvalue weighted by atomic mass is 10.2. The number of carbonyl (C=O) groups excluding carboxylic acids is 1. The number of aromatic nitrogens is 1. The highest BCUT2D eigenvalue weighted by atomic mass is 16.6. The molecule has 0 saturated carbocycles. The van der Waals surface area contributed by atoms with E-state index in [1.807, 2.05) is 0 Å². The summed E-state index contributed by atoms with van der Waals surface area (Å²) in [7, 11) is 0. The number of nitro groups is 1. The number of nitrogens with zero attached hydrogens (tertiary/aromatic N) is 2. The molecule has 6 heteroatoms. The topological polar surface area (TPSA) is 82.3 Å². The zero-order valence-corrected chi connectivity index (χ0v) is 10.8. The maximum Gasteiger partial charge on any atom is 0.269 e. The van der Waals surface area contributed by atoms with Gasteiger partial charge in [0.05, 0.1) is 4.92 Å². The monoisotopic (exact) mass is 272 g/mol. The van der Waals surface area contributed by atoms with Crippen LogP contribution in [0.1, 0.15) is 21.7 Å². The van der Waals surface area contributed by atoms with Gasteiger partial charge in [0.1, 0.15) is 18.1 Å². The van der Waals surface area contributed by atoms with Crippen LogP contribution >= 0.6 is 0 Å². The van der Waals surface area contributed by atoms with Crippen molar-refractivity contribution in [3.63, 3.8) is 0 Å². The van der Waals surface area contributed by atoms with E-state index in [0.29, 0.717) is 17.6 Å². The molecule has 0 radical (unpaired) electrons. The Labute approximate surface area is 115 Å². The second-order valence-electron chi connectivity index (χ2n) is 4.17. The summed E-state index contributed by atoms with van der Waals surface area (Å²) in [6.45, 7) is 1.91. The summed E-state index contributed by atoms with van der Waals surface area (Å²) in [6.07, 6.45) is 0.621. The minimum atomic E-state index is -0.465. The van der Waals surface area contributed by atoms with Crippen LogP contribution in [0.3, 0.4) is 0 Å². The third-order valence-electron chi connectivity index (χ3n) is 2.65. The number of aldehydes is 1. The lowest BCUT2D eigenvalue weighted by Crippen LogP contribution is -2.01. The molecule has 0 spiro atoms. The number of aryl methyl sites for hydroxylation is 1. The van der Waals surface area contributed by atoms with Gasteiger partial charge in [-0.05, 0) is 24.6 Å². The molecule has 1 heterocycles. The molecule has 20 heavy (non-hydrogen) atoms. The van der Waals surface area contributed by atoms with Crippen molar-refractivity contribution >= 4 is 12.0 Å². The van der Waals surface area contributed by atoms with Crippen LogP contribution in [0.5, 0.6) is 5.75 Å². The van der Waals surface area contributed by atoms with E-state index in [1.54, 1.807) is 31.2 Å². The first-order valence-electron chi connectivity index (χ1n) is 5.89. The summed E-state index contributed by atoms with van der Waals surface area (Å²) in [4.78, 5) is 25.2. The average molecular weight is 272 g/mol. The SMILES string of the molecule is Cc1ccc(OCc2cccc([N+](=O)[O-])c2)c(C=O)n1. The van der Waals surface area contributed by atoms with Gasteiger partial charge in [-0.25, -0.2) is 4.98 Å². The molecule has 0 fully saturated rings. The van der Waals surface area contributed by atoms with Crippen molar-refractivity contribution in [1.82, 2.24) is 4.98 Å². The molecule has 102 valence electrons. The summed E-state index contributed by atoms with van der Waals surface area (Å²) in [5, 5.41) is 10.7. The molecule has 2 rings (SSSR count). The minimum Gasteiger partial charge on any atom is -0.487 e. The Bertz CT molecular complexity index is 655. The highest BCUT2D eigenvalue weighted by molar-refractivity contribution is 5.76. The van der Waals surface area contributed by atoms with E-state index in [1.165, 1.54) is 12.1 Å². The molecule has 2 aromatic rings. The van der Waals surface area contributed by atoms with Crippen LogP contribution in [0.25, 0.3) is 0 Å². The zero-order valence-electron chi connectivity index (χ0n) is 10.8. The van der Waals surface area contributed by atoms with Crippen molar-refractivity contribution in [2.24, 2.45) is 0 Å². The maximum absolute atomic E-state index is 10.9. The van der Waals surface area contributed by atoms with Gasteiger partial charge in [0.25, 0.3) is 5.69 Å². The van der Waals surface area contributed by atoms with Gasteiger partial charge in [-0.2, -0.15) is 0 Å². The fourth-order valence-electron chi connectivity index (χ4n) is 1.69. The van der Waals surface area contributed by atoms with Gasteiger partial charge >= 0.3 is 0 Å². The number of rotatable bonds is 5. The molecule has 1 aromatic heterocycles. The van der Waals surface area contributed by atoms with Crippen molar-refractivity contribution in [3.05, 3.63) is 63.5 Å². The number of ether oxygens (including phenoxy) is 1. The van der Waals surface area contributed by atoms with Crippen LogP contribution in [0.15, 0.2) is 36.4 Å². The second kappa shape index (κ2) is 5.92. The summed E-state index contributed by atoms with van der Waals surface area (Å²) >= 11 is 0.